The third-order valence-corrected chi connectivity index (χ3v) is 3.45. The lowest BCUT2D eigenvalue weighted by atomic mass is 10.1. The van der Waals surface area contributed by atoms with Crippen molar-refractivity contribution < 1.29 is 19.1 Å². The fraction of sp³-hybridized carbons (Fsp3) is 0.118. The van der Waals surface area contributed by atoms with Crippen LogP contribution in [0.3, 0.4) is 0 Å². The van der Waals surface area contributed by atoms with Gasteiger partial charge in [-0.15, -0.1) is 0 Å². The molecule has 0 unspecified atom stereocenters. The SMILES string of the molecule is COC(=O)c1ccc(/C=N/NC(=O)COc2ccc(Br)cc2)cc1. The van der Waals surface area contributed by atoms with Gasteiger partial charge in [-0.3, -0.25) is 4.79 Å². The predicted octanol–water partition coefficient (Wildman–Crippen LogP) is 2.76. The molecular weight excluding hydrogens is 376 g/mol. The summed E-state index contributed by atoms with van der Waals surface area (Å²) in [7, 11) is 1.32. The third-order valence-electron chi connectivity index (χ3n) is 2.92. The van der Waals surface area contributed by atoms with Crippen LogP contribution in [0.1, 0.15) is 15.9 Å². The molecule has 0 radical (unpaired) electrons. The molecule has 0 aliphatic carbocycles. The quantitative estimate of drug-likeness (QED) is 0.467. The molecular formula is C17H15BrN2O4. The first-order valence-electron chi connectivity index (χ1n) is 6.97. The van der Waals surface area contributed by atoms with Crippen LogP contribution in [0.25, 0.3) is 0 Å². The zero-order chi connectivity index (χ0) is 17.4. The summed E-state index contributed by atoms with van der Waals surface area (Å²) >= 11 is 3.32. The zero-order valence-electron chi connectivity index (χ0n) is 12.9. The summed E-state index contributed by atoms with van der Waals surface area (Å²) < 4.78 is 10.9. The van der Waals surface area contributed by atoms with E-state index in [1.54, 1.807) is 36.4 Å². The Morgan fingerprint density at radius 2 is 1.79 bits per heavy atom. The van der Waals surface area contributed by atoms with Crippen molar-refractivity contribution in [1.82, 2.24) is 5.43 Å². The fourth-order valence-electron chi connectivity index (χ4n) is 1.71. The highest BCUT2D eigenvalue weighted by Gasteiger charge is 2.04. The number of halogens is 1. The molecule has 0 heterocycles. The van der Waals surface area contributed by atoms with Crippen molar-refractivity contribution in [1.29, 1.82) is 0 Å². The van der Waals surface area contributed by atoms with Gasteiger partial charge < -0.3 is 9.47 Å². The van der Waals surface area contributed by atoms with Crippen molar-refractivity contribution in [2.24, 2.45) is 5.10 Å². The number of hydrazone groups is 1. The summed E-state index contributed by atoms with van der Waals surface area (Å²) in [6, 6.07) is 13.8. The topological polar surface area (TPSA) is 77.0 Å². The van der Waals surface area contributed by atoms with E-state index in [2.05, 4.69) is 31.2 Å². The molecule has 0 aliphatic heterocycles. The molecule has 124 valence electrons. The minimum absolute atomic E-state index is 0.139. The monoisotopic (exact) mass is 390 g/mol. The van der Waals surface area contributed by atoms with E-state index in [9.17, 15) is 9.59 Å². The number of methoxy groups -OCH3 is 1. The summed E-state index contributed by atoms with van der Waals surface area (Å²) in [6.07, 6.45) is 1.47. The highest BCUT2D eigenvalue weighted by atomic mass is 79.9. The molecule has 0 fully saturated rings. The van der Waals surface area contributed by atoms with Crippen LogP contribution in [-0.4, -0.2) is 31.8 Å². The molecule has 0 aliphatic rings. The molecule has 0 saturated heterocycles. The highest BCUT2D eigenvalue weighted by Crippen LogP contribution is 2.15. The second kappa shape index (κ2) is 8.83. The number of carbonyl (C=O) groups is 2. The number of ether oxygens (including phenoxy) is 2. The molecule has 0 atom stereocenters. The van der Waals surface area contributed by atoms with Crippen molar-refractivity contribution in [3.05, 3.63) is 64.1 Å². The minimum Gasteiger partial charge on any atom is -0.484 e. The van der Waals surface area contributed by atoms with E-state index in [-0.39, 0.29) is 12.5 Å². The molecule has 0 aromatic heterocycles. The van der Waals surface area contributed by atoms with Gasteiger partial charge >= 0.3 is 5.97 Å². The Kier molecular flexibility index (Phi) is 6.51. The van der Waals surface area contributed by atoms with Gasteiger partial charge in [0.1, 0.15) is 5.75 Å². The van der Waals surface area contributed by atoms with E-state index in [0.717, 1.165) is 10.0 Å². The molecule has 24 heavy (non-hydrogen) atoms. The lowest BCUT2D eigenvalue weighted by Gasteiger charge is -2.04. The molecule has 2 aromatic carbocycles. The molecule has 2 aromatic rings. The van der Waals surface area contributed by atoms with Crippen molar-refractivity contribution in [3.63, 3.8) is 0 Å². The first kappa shape index (κ1) is 17.7. The number of esters is 1. The molecule has 2 rings (SSSR count). The number of hydrogen-bond donors (Lipinski definition) is 1. The van der Waals surface area contributed by atoms with Gasteiger partial charge in [0, 0.05) is 4.47 Å². The molecule has 0 saturated carbocycles. The van der Waals surface area contributed by atoms with Crippen molar-refractivity contribution in [3.8, 4) is 5.75 Å². The lowest BCUT2D eigenvalue weighted by Crippen LogP contribution is -2.24. The van der Waals surface area contributed by atoms with Gasteiger partial charge in [-0.25, -0.2) is 10.2 Å². The van der Waals surface area contributed by atoms with Crippen LogP contribution in [0.2, 0.25) is 0 Å². The van der Waals surface area contributed by atoms with Gasteiger partial charge in [-0.2, -0.15) is 5.10 Å². The standard InChI is InChI=1S/C17H15BrN2O4/c1-23-17(22)13-4-2-12(3-5-13)10-19-20-16(21)11-24-15-8-6-14(18)7-9-15/h2-10H,11H2,1H3,(H,20,21)/b19-10+. The van der Waals surface area contributed by atoms with Crippen LogP contribution < -0.4 is 10.2 Å². The largest absolute Gasteiger partial charge is 0.484 e. The van der Waals surface area contributed by atoms with Gasteiger partial charge in [0.15, 0.2) is 6.61 Å². The average molecular weight is 391 g/mol. The van der Waals surface area contributed by atoms with Crippen LogP contribution in [0, 0.1) is 0 Å². The van der Waals surface area contributed by atoms with Crippen LogP contribution in [0.15, 0.2) is 58.1 Å². The Balaban J connectivity index is 1.79. The Hall–Kier alpha value is -2.67. The lowest BCUT2D eigenvalue weighted by molar-refractivity contribution is -0.123. The van der Waals surface area contributed by atoms with Crippen LogP contribution in [0.5, 0.6) is 5.75 Å². The van der Waals surface area contributed by atoms with E-state index in [1.165, 1.54) is 13.3 Å². The van der Waals surface area contributed by atoms with Crippen LogP contribution in [0.4, 0.5) is 0 Å². The Labute approximate surface area is 147 Å². The van der Waals surface area contributed by atoms with Crippen molar-refractivity contribution >= 4 is 34.0 Å². The van der Waals surface area contributed by atoms with Gasteiger partial charge in [-0.1, -0.05) is 28.1 Å². The molecule has 1 N–H and O–H groups in total. The summed E-state index contributed by atoms with van der Waals surface area (Å²) in [6.45, 7) is -0.139. The van der Waals surface area contributed by atoms with Crippen molar-refractivity contribution in [2.75, 3.05) is 13.7 Å². The molecule has 1 amide bonds. The van der Waals surface area contributed by atoms with Crippen LogP contribution in [-0.2, 0) is 9.53 Å². The Morgan fingerprint density at radius 1 is 1.12 bits per heavy atom. The van der Waals surface area contributed by atoms with E-state index in [1.807, 2.05) is 12.1 Å². The molecule has 0 spiro atoms. The predicted molar refractivity (Wildman–Crippen MR) is 93.2 cm³/mol. The second-order valence-electron chi connectivity index (χ2n) is 4.65. The number of rotatable bonds is 6. The maximum atomic E-state index is 11.6. The Morgan fingerprint density at radius 3 is 2.42 bits per heavy atom. The third kappa shape index (κ3) is 5.51. The normalized spacial score (nSPS) is 10.4. The fourth-order valence-corrected chi connectivity index (χ4v) is 1.98. The maximum Gasteiger partial charge on any atom is 0.337 e. The van der Waals surface area contributed by atoms with Gasteiger partial charge in [-0.05, 0) is 42.0 Å². The van der Waals surface area contributed by atoms with E-state index < -0.39 is 5.97 Å². The number of amides is 1. The smallest absolute Gasteiger partial charge is 0.337 e. The zero-order valence-corrected chi connectivity index (χ0v) is 14.4. The van der Waals surface area contributed by atoms with E-state index in [0.29, 0.717) is 11.3 Å². The Bertz CT molecular complexity index is 727. The van der Waals surface area contributed by atoms with Crippen molar-refractivity contribution in [2.45, 2.75) is 0 Å². The number of nitrogens with one attached hydrogen (secondary N) is 1. The summed E-state index contributed by atoms with van der Waals surface area (Å²) in [5.41, 5.74) is 3.54. The average Bonchev–Trinajstić information content (AvgIpc) is 2.61. The number of benzene rings is 2. The first-order chi connectivity index (χ1) is 11.6. The first-order valence-corrected chi connectivity index (χ1v) is 7.76. The number of nitrogens with zero attached hydrogens (tertiary/aromatic N) is 1. The number of carbonyl (C=O) groups excluding carboxylic acids is 2. The molecule has 0 bridgehead atoms. The maximum absolute atomic E-state index is 11.6. The summed E-state index contributed by atoms with van der Waals surface area (Å²) in [5.74, 6) is -0.187. The van der Waals surface area contributed by atoms with E-state index in [4.69, 9.17) is 4.74 Å². The summed E-state index contributed by atoms with van der Waals surface area (Å²) in [5, 5.41) is 3.83. The minimum atomic E-state index is -0.406. The van der Waals surface area contributed by atoms with E-state index >= 15 is 0 Å². The second-order valence-corrected chi connectivity index (χ2v) is 5.57. The molecule has 7 heteroatoms. The number of hydrogen-bond acceptors (Lipinski definition) is 5. The van der Waals surface area contributed by atoms with Crippen LogP contribution >= 0.6 is 15.9 Å². The van der Waals surface area contributed by atoms with Gasteiger partial charge in [0.05, 0.1) is 18.9 Å². The molecule has 6 nitrogen and oxygen atoms in total. The summed E-state index contributed by atoms with van der Waals surface area (Å²) in [4.78, 5) is 22.9. The van der Waals surface area contributed by atoms with Gasteiger partial charge in [0.25, 0.3) is 5.91 Å². The highest BCUT2D eigenvalue weighted by molar-refractivity contribution is 9.10. The van der Waals surface area contributed by atoms with Gasteiger partial charge in [0.2, 0.25) is 0 Å².